The van der Waals surface area contributed by atoms with Gasteiger partial charge in [-0.05, 0) is 59.3 Å². The van der Waals surface area contributed by atoms with Gasteiger partial charge in [0.15, 0.2) is 0 Å². The van der Waals surface area contributed by atoms with Crippen molar-refractivity contribution in [1.82, 2.24) is 20.2 Å². The molecule has 0 spiro atoms. The maximum atomic E-state index is 12.2. The molecule has 2 aromatic carbocycles. The van der Waals surface area contributed by atoms with Crippen molar-refractivity contribution in [3.63, 3.8) is 0 Å². The van der Waals surface area contributed by atoms with E-state index in [1.54, 1.807) is 28.9 Å². The third-order valence-corrected chi connectivity index (χ3v) is 4.43. The molecule has 9 heteroatoms. The largest absolute Gasteiger partial charge is 0.326 e. The number of hydrogen-bond acceptors (Lipinski definition) is 6. The number of carbonyl (C=O) groups is 2. The van der Waals surface area contributed by atoms with E-state index in [-0.39, 0.29) is 17.6 Å². The molecule has 0 fully saturated rings. The van der Waals surface area contributed by atoms with E-state index in [2.05, 4.69) is 26.2 Å². The zero-order valence-electron chi connectivity index (χ0n) is 14.8. The molecule has 2 N–H and O–H groups in total. The Balaban J connectivity index is 1.59. The van der Waals surface area contributed by atoms with E-state index < -0.39 is 0 Å². The number of amides is 2. The fourth-order valence-corrected chi connectivity index (χ4v) is 3.05. The summed E-state index contributed by atoms with van der Waals surface area (Å²) in [5, 5.41) is 17.7. The molecule has 0 saturated heterocycles. The van der Waals surface area contributed by atoms with Crippen LogP contribution in [0.2, 0.25) is 0 Å². The van der Waals surface area contributed by atoms with Gasteiger partial charge < -0.3 is 10.6 Å². The number of carbonyl (C=O) groups excluding carboxylic acids is 2. The van der Waals surface area contributed by atoms with Crippen LogP contribution in [-0.4, -0.2) is 37.8 Å². The van der Waals surface area contributed by atoms with Crippen LogP contribution in [0.25, 0.3) is 5.69 Å². The summed E-state index contributed by atoms with van der Waals surface area (Å²) in [7, 11) is 0. The number of nitrogens with zero attached hydrogens (tertiary/aromatic N) is 4. The highest BCUT2D eigenvalue weighted by Crippen LogP contribution is 2.19. The van der Waals surface area contributed by atoms with Gasteiger partial charge in [0.05, 0.1) is 11.4 Å². The number of benzene rings is 2. The van der Waals surface area contributed by atoms with Crippen molar-refractivity contribution in [2.24, 2.45) is 0 Å². The summed E-state index contributed by atoms with van der Waals surface area (Å²) in [5.41, 5.74) is 3.26. The van der Waals surface area contributed by atoms with Crippen LogP contribution in [0.1, 0.15) is 12.5 Å². The minimum atomic E-state index is -0.175. The van der Waals surface area contributed by atoms with Crippen LogP contribution in [0, 0.1) is 6.92 Å². The van der Waals surface area contributed by atoms with Crippen molar-refractivity contribution in [2.75, 3.05) is 16.4 Å². The molecule has 0 aliphatic heterocycles. The highest BCUT2D eigenvalue weighted by atomic mass is 32.2. The van der Waals surface area contributed by atoms with Crippen molar-refractivity contribution >= 4 is 35.0 Å². The number of hydrogen-bond donors (Lipinski definition) is 2. The Morgan fingerprint density at radius 3 is 2.44 bits per heavy atom. The van der Waals surface area contributed by atoms with Gasteiger partial charge in [0.1, 0.15) is 0 Å². The summed E-state index contributed by atoms with van der Waals surface area (Å²) in [6, 6.07) is 14.7. The maximum Gasteiger partial charge on any atom is 0.234 e. The van der Waals surface area contributed by atoms with Crippen LogP contribution in [0.3, 0.4) is 0 Å². The summed E-state index contributed by atoms with van der Waals surface area (Å²) in [4.78, 5) is 23.2. The third kappa shape index (κ3) is 5.14. The van der Waals surface area contributed by atoms with Gasteiger partial charge in [-0.25, -0.2) is 0 Å². The first kappa shape index (κ1) is 18.6. The normalized spacial score (nSPS) is 10.4. The van der Waals surface area contributed by atoms with Crippen LogP contribution in [-0.2, 0) is 9.59 Å². The first-order valence-corrected chi connectivity index (χ1v) is 9.15. The van der Waals surface area contributed by atoms with E-state index in [0.29, 0.717) is 16.5 Å². The smallest absolute Gasteiger partial charge is 0.234 e. The molecule has 0 radical (unpaired) electrons. The molecule has 0 aliphatic carbocycles. The van der Waals surface area contributed by atoms with Gasteiger partial charge in [-0.2, -0.15) is 4.68 Å². The van der Waals surface area contributed by atoms with Gasteiger partial charge in [0, 0.05) is 18.3 Å². The second-order valence-electron chi connectivity index (χ2n) is 5.81. The van der Waals surface area contributed by atoms with Crippen molar-refractivity contribution in [3.8, 4) is 5.69 Å². The van der Waals surface area contributed by atoms with Gasteiger partial charge in [-0.1, -0.05) is 23.9 Å². The van der Waals surface area contributed by atoms with Crippen molar-refractivity contribution in [1.29, 1.82) is 0 Å². The second kappa shape index (κ2) is 8.45. The summed E-state index contributed by atoms with van der Waals surface area (Å²) in [5.74, 6) is -0.153. The first-order chi connectivity index (χ1) is 13.0. The maximum absolute atomic E-state index is 12.2. The molecule has 2 amide bonds. The van der Waals surface area contributed by atoms with Crippen LogP contribution < -0.4 is 10.6 Å². The fourth-order valence-electron chi connectivity index (χ4n) is 2.36. The Bertz CT molecular complexity index is 954. The lowest BCUT2D eigenvalue weighted by Crippen LogP contribution is -2.14. The Labute approximate surface area is 160 Å². The molecule has 0 atom stereocenters. The SMILES string of the molecule is CC(=O)Nc1ccc(NC(=O)CSc2nnnn2-c2cccc(C)c2)cc1. The lowest BCUT2D eigenvalue weighted by atomic mass is 10.2. The lowest BCUT2D eigenvalue weighted by molar-refractivity contribution is -0.114. The molecular formula is C18H18N6O2S. The van der Waals surface area contributed by atoms with E-state index >= 15 is 0 Å². The Morgan fingerprint density at radius 1 is 1.07 bits per heavy atom. The molecular weight excluding hydrogens is 364 g/mol. The van der Waals surface area contributed by atoms with Crippen molar-refractivity contribution in [3.05, 3.63) is 54.1 Å². The Hall–Kier alpha value is -3.20. The van der Waals surface area contributed by atoms with Crippen LogP contribution in [0.4, 0.5) is 11.4 Å². The van der Waals surface area contributed by atoms with E-state index in [4.69, 9.17) is 0 Å². The lowest BCUT2D eigenvalue weighted by Gasteiger charge is -2.07. The molecule has 8 nitrogen and oxygen atoms in total. The van der Waals surface area contributed by atoms with Crippen molar-refractivity contribution < 1.29 is 9.59 Å². The second-order valence-corrected chi connectivity index (χ2v) is 6.75. The first-order valence-electron chi connectivity index (χ1n) is 8.17. The number of rotatable bonds is 6. The number of aromatic nitrogens is 4. The number of anilines is 2. The predicted molar refractivity (Wildman–Crippen MR) is 104 cm³/mol. The Morgan fingerprint density at radius 2 is 1.78 bits per heavy atom. The van der Waals surface area contributed by atoms with Crippen molar-refractivity contribution in [2.45, 2.75) is 19.0 Å². The molecule has 0 bridgehead atoms. The monoisotopic (exact) mass is 382 g/mol. The van der Waals surface area contributed by atoms with E-state index in [1.807, 2.05) is 31.2 Å². The number of thioether (sulfide) groups is 1. The Kier molecular flexibility index (Phi) is 5.82. The minimum Gasteiger partial charge on any atom is -0.326 e. The van der Waals surface area contributed by atoms with Crippen LogP contribution >= 0.6 is 11.8 Å². The predicted octanol–water partition coefficient (Wildman–Crippen LogP) is 2.66. The summed E-state index contributed by atoms with van der Waals surface area (Å²) in [6.07, 6.45) is 0. The quantitative estimate of drug-likeness (QED) is 0.636. The highest BCUT2D eigenvalue weighted by molar-refractivity contribution is 7.99. The van der Waals surface area contributed by atoms with E-state index in [1.165, 1.54) is 18.7 Å². The molecule has 0 unspecified atom stereocenters. The zero-order valence-corrected chi connectivity index (χ0v) is 15.7. The number of aryl methyl sites for hydroxylation is 1. The van der Waals surface area contributed by atoms with Gasteiger partial charge in [0.2, 0.25) is 17.0 Å². The summed E-state index contributed by atoms with van der Waals surface area (Å²) >= 11 is 1.25. The molecule has 138 valence electrons. The summed E-state index contributed by atoms with van der Waals surface area (Å²) in [6.45, 7) is 3.43. The zero-order chi connectivity index (χ0) is 19.2. The number of nitrogens with one attached hydrogen (secondary N) is 2. The van der Waals surface area contributed by atoms with Gasteiger partial charge >= 0.3 is 0 Å². The van der Waals surface area contributed by atoms with E-state index in [9.17, 15) is 9.59 Å². The highest BCUT2D eigenvalue weighted by Gasteiger charge is 2.12. The van der Waals surface area contributed by atoms with Gasteiger partial charge in [-0.3, -0.25) is 9.59 Å². The third-order valence-electron chi connectivity index (χ3n) is 3.51. The number of tetrazole rings is 1. The average molecular weight is 382 g/mol. The van der Waals surface area contributed by atoms with E-state index in [0.717, 1.165) is 11.3 Å². The molecule has 0 aliphatic rings. The molecule has 1 aromatic heterocycles. The standard InChI is InChI=1S/C18H18N6O2S/c1-12-4-3-5-16(10-12)24-18(21-22-23-24)27-11-17(26)20-15-8-6-14(7-9-15)19-13(2)25/h3-10H,11H2,1-2H3,(H,19,25)(H,20,26). The van der Waals surface area contributed by atoms with Gasteiger partial charge in [-0.15, -0.1) is 5.10 Å². The van der Waals surface area contributed by atoms with Crippen LogP contribution in [0.5, 0.6) is 0 Å². The van der Waals surface area contributed by atoms with Crippen LogP contribution in [0.15, 0.2) is 53.7 Å². The topological polar surface area (TPSA) is 102 Å². The molecule has 27 heavy (non-hydrogen) atoms. The molecule has 3 aromatic rings. The average Bonchev–Trinajstić information content (AvgIpc) is 3.10. The molecule has 0 saturated carbocycles. The summed E-state index contributed by atoms with van der Waals surface area (Å²) < 4.78 is 1.60. The van der Waals surface area contributed by atoms with Gasteiger partial charge in [0.25, 0.3) is 0 Å². The molecule has 3 rings (SSSR count). The minimum absolute atomic E-state index is 0.144. The molecule has 1 heterocycles. The fraction of sp³-hybridized carbons (Fsp3) is 0.167.